The molecule has 0 saturated carbocycles. The normalized spacial score (nSPS) is 13.1. The zero-order valence-corrected chi connectivity index (χ0v) is 9.51. The van der Waals surface area contributed by atoms with Gasteiger partial charge in [0.15, 0.2) is 11.5 Å². The molecule has 0 spiro atoms. The molecule has 17 heavy (non-hydrogen) atoms. The molecule has 0 aliphatic rings. The fourth-order valence-corrected chi connectivity index (χ4v) is 1.52. The van der Waals surface area contributed by atoms with E-state index < -0.39 is 21.3 Å². The summed E-state index contributed by atoms with van der Waals surface area (Å²) in [4.78, 5) is 11.4. The summed E-state index contributed by atoms with van der Waals surface area (Å²) in [5.41, 5.74) is -2.78. The van der Waals surface area contributed by atoms with E-state index in [1.54, 1.807) is 0 Å². The topological polar surface area (TPSA) is 121 Å². The molecule has 1 rings (SSSR count). The number of benzene rings is 1. The number of phenols is 1. The van der Waals surface area contributed by atoms with Crippen molar-refractivity contribution in [2.75, 3.05) is 7.11 Å². The third kappa shape index (κ3) is 2.93. The first-order valence-corrected chi connectivity index (χ1v) is 5.83. The Hall–Kier alpha value is -1.64. The summed E-state index contributed by atoms with van der Waals surface area (Å²) in [7, 11) is -3.64. The van der Waals surface area contributed by atoms with Gasteiger partial charge < -0.3 is 14.9 Å². The van der Waals surface area contributed by atoms with E-state index in [-0.39, 0.29) is 17.1 Å². The van der Waals surface area contributed by atoms with Crippen LogP contribution in [0.4, 0.5) is 0 Å². The van der Waals surface area contributed by atoms with E-state index in [4.69, 9.17) is 14.4 Å². The van der Waals surface area contributed by atoms with Gasteiger partial charge >= 0.3 is 0 Å². The predicted molar refractivity (Wildman–Crippen MR) is 56.5 cm³/mol. The molecule has 1 aromatic rings. The monoisotopic (exact) mass is 262 g/mol. The molecule has 0 bridgehead atoms. The van der Waals surface area contributed by atoms with E-state index >= 15 is 0 Å². The Labute approximate surface area is 97.0 Å². The van der Waals surface area contributed by atoms with Gasteiger partial charge in [-0.25, -0.2) is 0 Å². The molecule has 1 unspecified atom stereocenters. The second-order valence-electron chi connectivity index (χ2n) is 3.12. The molecular formula is C9H10O7S. The van der Waals surface area contributed by atoms with E-state index in [0.29, 0.717) is 0 Å². The maximum absolute atomic E-state index is 11.4. The van der Waals surface area contributed by atoms with Crippen molar-refractivity contribution < 1.29 is 32.7 Å². The van der Waals surface area contributed by atoms with Crippen molar-refractivity contribution in [1.29, 1.82) is 0 Å². The number of aliphatic hydroxyl groups is 1. The summed E-state index contributed by atoms with van der Waals surface area (Å²) in [6, 6.07) is 3.24. The van der Waals surface area contributed by atoms with Crippen molar-refractivity contribution in [3.05, 3.63) is 23.8 Å². The zero-order chi connectivity index (χ0) is 13.2. The summed E-state index contributed by atoms with van der Waals surface area (Å²) < 4.78 is 34.4. The highest BCUT2D eigenvalue weighted by molar-refractivity contribution is 7.87. The molecule has 8 heteroatoms. The number of ketones is 1. The standard InChI is InChI=1S/C9H10O7S/c1-16-7-4-5(2-3-6(7)10)8(11)9(12)17(13,14)15/h2-4,9-10,12H,1H3,(H,13,14,15). The largest absolute Gasteiger partial charge is 0.504 e. The summed E-state index contributed by atoms with van der Waals surface area (Å²) in [6.07, 6.45) is 0. The van der Waals surface area contributed by atoms with Gasteiger partial charge in [0.2, 0.25) is 11.2 Å². The fourth-order valence-electron chi connectivity index (χ4n) is 1.11. The van der Waals surface area contributed by atoms with Crippen molar-refractivity contribution in [3.63, 3.8) is 0 Å². The first-order chi connectivity index (χ1) is 7.77. The lowest BCUT2D eigenvalue weighted by molar-refractivity contribution is 0.0848. The molecule has 0 aliphatic carbocycles. The van der Waals surface area contributed by atoms with Gasteiger partial charge in [-0.1, -0.05) is 0 Å². The first kappa shape index (κ1) is 13.4. The lowest BCUT2D eigenvalue weighted by Gasteiger charge is -2.08. The van der Waals surface area contributed by atoms with Crippen LogP contribution in [0.25, 0.3) is 0 Å². The van der Waals surface area contributed by atoms with Gasteiger partial charge in [-0.3, -0.25) is 9.35 Å². The van der Waals surface area contributed by atoms with Crippen LogP contribution < -0.4 is 4.74 Å². The number of hydrogen-bond donors (Lipinski definition) is 3. The Morgan fingerprint density at radius 1 is 1.41 bits per heavy atom. The number of ether oxygens (including phenoxy) is 1. The van der Waals surface area contributed by atoms with Gasteiger partial charge in [-0.05, 0) is 18.2 Å². The summed E-state index contributed by atoms with van der Waals surface area (Å²) >= 11 is 0. The fraction of sp³-hybridized carbons (Fsp3) is 0.222. The molecule has 0 aromatic heterocycles. The van der Waals surface area contributed by atoms with Crippen LogP contribution >= 0.6 is 0 Å². The molecule has 94 valence electrons. The number of rotatable bonds is 4. The van der Waals surface area contributed by atoms with Gasteiger partial charge in [0, 0.05) is 5.56 Å². The highest BCUT2D eigenvalue weighted by Gasteiger charge is 2.29. The van der Waals surface area contributed by atoms with Crippen LogP contribution in [-0.4, -0.2) is 41.5 Å². The van der Waals surface area contributed by atoms with Gasteiger partial charge in [-0.15, -0.1) is 0 Å². The molecule has 0 amide bonds. The first-order valence-electron chi connectivity index (χ1n) is 4.33. The second-order valence-corrected chi connectivity index (χ2v) is 4.59. The van der Waals surface area contributed by atoms with Gasteiger partial charge in [0.05, 0.1) is 7.11 Å². The molecule has 1 atom stereocenters. The Balaban J connectivity index is 3.14. The van der Waals surface area contributed by atoms with Crippen LogP contribution in [0, 0.1) is 0 Å². The summed E-state index contributed by atoms with van der Waals surface area (Å²) in [5.74, 6) is -1.52. The summed E-state index contributed by atoms with van der Waals surface area (Å²) in [6.45, 7) is 0. The Bertz CT molecular complexity index is 534. The number of hydrogen-bond acceptors (Lipinski definition) is 6. The Morgan fingerprint density at radius 3 is 2.47 bits per heavy atom. The minimum Gasteiger partial charge on any atom is -0.504 e. The van der Waals surface area contributed by atoms with Crippen molar-refractivity contribution in [3.8, 4) is 11.5 Å². The zero-order valence-electron chi connectivity index (χ0n) is 8.69. The number of phenolic OH excluding ortho intramolecular Hbond substituents is 1. The van der Waals surface area contributed by atoms with E-state index in [1.165, 1.54) is 7.11 Å². The second kappa shape index (κ2) is 4.70. The van der Waals surface area contributed by atoms with Crippen LogP contribution in [0.5, 0.6) is 11.5 Å². The Morgan fingerprint density at radius 2 is 2.00 bits per heavy atom. The van der Waals surface area contributed by atoms with Crippen LogP contribution in [0.2, 0.25) is 0 Å². The maximum Gasteiger partial charge on any atom is 0.299 e. The van der Waals surface area contributed by atoms with Crippen LogP contribution in [0.15, 0.2) is 18.2 Å². The minimum absolute atomic E-state index is 0.0570. The summed E-state index contributed by atoms with van der Waals surface area (Å²) in [5, 5.41) is 18.3. The highest BCUT2D eigenvalue weighted by atomic mass is 32.2. The van der Waals surface area contributed by atoms with E-state index in [1.807, 2.05) is 0 Å². The average molecular weight is 262 g/mol. The number of methoxy groups -OCH3 is 1. The van der Waals surface area contributed by atoms with E-state index in [2.05, 4.69) is 0 Å². The van der Waals surface area contributed by atoms with E-state index in [0.717, 1.165) is 18.2 Å². The number of aliphatic hydroxyl groups excluding tert-OH is 1. The minimum atomic E-state index is -4.88. The predicted octanol–water partition coefficient (Wildman–Crippen LogP) is -0.210. The highest BCUT2D eigenvalue weighted by Crippen LogP contribution is 2.27. The average Bonchev–Trinajstić information content (AvgIpc) is 2.26. The molecule has 0 heterocycles. The van der Waals surface area contributed by atoms with Crippen molar-refractivity contribution in [2.24, 2.45) is 0 Å². The number of Topliss-reactive ketones (excluding diaryl/α,β-unsaturated/α-hetero) is 1. The van der Waals surface area contributed by atoms with E-state index in [9.17, 15) is 18.3 Å². The maximum atomic E-state index is 11.4. The number of carbonyl (C=O) groups excluding carboxylic acids is 1. The molecule has 0 aliphatic heterocycles. The molecule has 0 saturated heterocycles. The van der Waals surface area contributed by atoms with Crippen LogP contribution in [0.1, 0.15) is 10.4 Å². The lowest BCUT2D eigenvalue weighted by Crippen LogP contribution is -2.29. The molecule has 0 fully saturated rings. The molecule has 1 aromatic carbocycles. The Kier molecular flexibility index (Phi) is 3.71. The number of aromatic hydroxyl groups is 1. The van der Waals surface area contributed by atoms with Crippen LogP contribution in [-0.2, 0) is 10.1 Å². The van der Waals surface area contributed by atoms with Gasteiger partial charge in [0.1, 0.15) is 0 Å². The smallest absolute Gasteiger partial charge is 0.299 e. The molecule has 7 nitrogen and oxygen atoms in total. The van der Waals surface area contributed by atoms with Crippen molar-refractivity contribution >= 4 is 15.9 Å². The SMILES string of the molecule is COc1cc(C(=O)C(O)S(=O)(=O)O)ccc1O. The van der Waals surface area contributed by atoms with Crippen molar-refractivity contribution in [2.45, 2.75) is 5.44 Å². The quantitative estimate of drug-likeness (QED) is 0.507. The molecule has 3 N–H and O–H groups in total. The molecule has 0 radical (unpaired) electrons. The number of carbonyl (C=O) groups is 1. The van der Waals surface area contributed by atoms with Crippen molar-refractivity contribution in [1.82, 2.24) is 0 Å². The third-order valence-corrected chi connectivity index (χ3v) is 2.75. The molecular weight excluding hydrogens is 252 g/mol. The third-order valence-electron chi connectivity index (χ3n) is 1.97. The van der Waals surface area contributed by atoms with Gasteiger partial charge in [-0.2, -0.15) is 8.42 Å². The lowest BCUT2D eigenvalue weighted by atomic mass is 10.1. The van der Waals surface area contributed by atoms with Crippen LogP contribution in [0.3, 0.4) is 0 Å². The van der Waals surface area contributed by atoms with Gasteiger partial charge in [0.25, 0.3) is 10.1 Å².